The summed E-state index contributed by atoms with van der Waals surface area (Å²) in [6.45, 7) is 2.08. The Morgan fingerprint density at radius 2 is 2.00 bits per heavy atom. The van der Waals surface area contributed by atoms with Crippen molar-refractivity contribution in [2.75, 3.05) is 5.32 Å². The average Bonchev–Trinajstić information content (AvgIpc) is 3.32. The molecule has 2 saturated carbocycles. The van der Waals surface area contributed by atoms with Gasteiger partial charge in [0.1, 0.15) is 0 Å². The van der Waals surface area contributed by atoms with Gasteiger partial charge in [-0.2, -0.15) is 0 Å². The van der Waals surface area contributed by atoms with E-state index in [1.54, 1.807) is 0 Å². The minimum Gasteiger partial charge on any atom is -0.352 e. The molecule has 2 unspecified atom stereocenters. The fourth-order valence-corrected chi connectivity index (χ4v) is 2.84. The van der Waals surface area contributed by atoms with Crippen molar-refractivity contribution in [3.63, 3.8) is 0 Å². The smallest absolute Gasteiger partial charge is 0.203 e. The lowest BCUT2D eigenvalue weighted by molar-refractivity contribution is 0.741. The van der Waals surface area contributed by atoms with Crippen LogP contribution in [0.15, 0.2) is 36.5 Å². The summed E-state index contributed by atoms with van der Waals surface area (Å²) in [6.07, 6.45) is 6.01. The van der Waals surface area contributed by atoms with E-state index in [-0.39, 0.29) is 0 Å². The minimum atomic E-state index is 0.557. The molecule has 0 spiro atoms. The lowest BCUT2D eigenvalue weighted by Crippen LogP contribution is -2.09. The van der Waals surface area contributed by atoms with E-state index in [1.165, 1.54) is 24.8 Å². The number of imidazole rings is 1. The molecule has 0 bridgehead atoms. The van der Waals surface area contributed by atoms with Gasteiger partial charge in [0.05, 0.1) is 5.69 Å². The molecule has 0 amide bonds. The van der Waals surface area contributed by atoms with Gasteiger partial charge in [0, 0.05) is 24.2 Å². The lowest BCUT2D eigenvalue weighted by atomic mass is 10.1. The van der Waals surface area contributed by atoms with E-state index in [4.69, 9.17) is 0 Å². The van der Waals surface area contributed by atoms with Crippen molar-refractivity contribution < 1.29 is 0 Å². The molecule has 1 N–H and O–H groups in total. The second-order valence-electron chi connectivity index (χ2n) is 5.85. The van der Waals surface area contributed by atoms with Gasteiger partial charge in [0.15, 0.2) is 0 Å². The van der Waals surface area contributed by atoms with Gasteiger partial charge in [-0.15, -0.1) is 0 Å². The molecule has 1 heterocycles. The van der Waals surface area contributed by atoms with E-state index in [1.807, 2.05) is 0 Å². The molecule has 2 atom stereocenters. The highest BCUT2D eigenvalue weighted by Gasteiger charge is 2.39. The van der Waals surface area contributed by atoms with Crippen LogP contribution in [0.2, 0.25) is 0 Å². The Kier molecular flexibility index (Phi) is 2.40. The highest BCUT2D eigenvalue weighted by Crippen LogP contribution is 2.44. The highest BCUT2D eigenvalue weighted by molar-refractivity contribution is 5.39. The zero-order chi connectivity index (χ0) is 12.8. The molecule has 2 aromatic rings. The molecule has 98 valence electrons. The summed E-state index contributed by atoms with van der Waals surface area (Å²) in [5.41, 5.74) is 2.56. The van der Waals surface area contributed by atoms with Crippen LogP contribution in [0, 0.1) is 6.92 Å². The number of hydrogen-bond acceptors (Lipinski definition) is 2. The van der Waals surface area contributed by atoms with Crippen molar-refractivity contribution in [2.45, 2.75) is 44.2 Å². The van der Waals surface area contributed by atoms with Crippen LogP contribution in [0.4, 0.5) is 5.95 Å². The van der Waals surface area contributed by atoms with Crippen LogP contribution in [-0.4, -0.2) is 15.6 Å². The number of hydrogen-bond donors (Lipinski definition) is 1. The number of benzene rings is 1. The van der Waals surface area contributed by atoms with Gasteiger partial charge in [-0.25, -0.2) is 4.98 Å². The maximum absolute atomic E-state index is 4.63. The number of anilines is 1. The Hall–Kier alpha value is -1.77. The van der Waals surface area contributed by atoms with Crippen molar-refractivity contribution in [3.05, 3.63) is 47.8 Å². The van der Waals surface area contributed by atoms with Crippen LogP contribution in [0.25, 0.3) is 0 Å². The number of rotatable bonds is 4. The topological polar surface area (TPSA) is 29.9 Å². The lowest BCUT2D eigenvalue weighted by Gasteiger charge is -2.08. The van der Waals surface area contributed by atoms with Gasteiger partial charge in [-0.1, -0.05) is 30.3 Å². The van der Waals surface area contributed by atoms with Crippen molar-refractivity contribution in [3.8, 4) is 0 Å². The Bertz CT molecular complexity index is 583. The molecule has 0 saturated heterocycles. The zero-order valence-corrected chi connectivity index (χ0v) is 11.2. The predicted molar refractivity (Wildman–Crippen MR) is 76.4 cm³/mol. The standard InChI is InChI=1S/C16H19N3/c1-11-10-19(13-7-8-13)16(17-11)18-15-9-14(15)12-5-3-2-4-6-12/h2-6,10,13-15H,7-9H2,1H3,(H,17,18). The molecule has 4 rings (SSSR count). The van der Waals surface area contributed by atoms with Gasteiger partial charge in [-0.05, 0) is 31.7 Å². The van der Waals surface area contributed by atoms with E-state index >= 15 is 0 Å². The molecule has 3 nitrogen and oxygen atoms in total. The number of nitrogens with one attached hydrogen (secondary N) is 1. The van der Waals surface area contributed by atoms with Crippen LogP contribution in [-0.2, 0) is 0 Å². The van der Waals surface area contributed by atoms with E-state index in [2.05, 4.69) is 58.3 Å². The summed E-state index contributed by atoms with van der Waals surface area (Å²) in [5, 5.41) is 3.63. The molecular formula is C16H19N3. The van der Waals surface area contributed by atoms with Gasteiger partial charge in [0.25, 0.3) is 0 Å². The van der Waals surface area contributed by atoms with E-state index < -0.39 is 0 Å². The normalized spacial score (nSPS) is 25.3. The molecule has 1 aromatic heterocycles. The van der Waals surface area contributed by atoms with Crippen molar-refractivity contribution in [1.82, 2.24) is 9.55 Å². The molecular weight excluding hydrogens is 234 g/mol. The SMILES string of the molecule is Cc1cn(C2CC2)c(NC2CC2c2ccccc2)n1. The summed E-state index contributed by atoms with van der Waals surface area (Å²) in [7, 11) is 0. The summed E-state index contributed by atoms with van der Waals surface area (Å²) in [6, 6.07) is 12.0. The first kappa shape index (κ1) is 11.1. The minimum absolute atomic E-state index is 0.557. The fraction of sp³-hybridized carbons (Fsp3) is 0.438. The van der Waals surface area contributed by atoms with Crippen LogP contribution in [0.1, 0.15) is 42.5 Å². The van der Waals surface area contributed by atoms with E-state index in [9.17, 15) is 0 Å². The molecule has 2 aliphatic rings. The van der Waals surface area contributed by atoms with Crippen molar-refractivity contribution in [2.24, 2.45) is 0 Å². The van der Waals surface area contributed by atoms with Crippen LogP contribution in [0.5, 0.6) is 0 Å². The largest absolute Gasteiger partial charge is 0.352 e. The number of aromatic nitrogens is 2. The van der Waals surface area contributed by atoms with Crippen molar-refractivity contribution in [1.29, 1.82) is 0 Å². The average molecular weight is 253 g/mol. The Morgan fingerprint density at radius 1 is 1.21 bits per heavy atom. The number of aryl methyl sites for hydroxylation is 1. The summed E-state index contributed by atoms with van der Waals surface area (Å²) in [4.78, 5) is 4.63. The highest BCUT2D eigenvalue weighted by atomic mass is 15.2. The Labute approximate surface area is 113 Å². The van der Waals surface area contributed by atoms with Crippen LogP contribution >= 0.6 is 0 Å². The maximum Gasteiger partial charge on any atom is 0.203 e. The first-order chi connectivity index (χ1) is 9.31. The van der Waals surface area contributed by atoms with Gasteiger partial charge in [-0.3, -0.25) is 0 Å². The molecule has 2 fully saturated rings. The first-order valence-electron chi connectivity index (χ1n) is 7.18. The summed E-state index contributed by atoms with van der Waals surface area (Å²) < 4.78 is 2.33. The summed E-state index contributed by atoms with van der Waals surface area (Å²) >= 11 is 0. The monoisotopic (exact) mass is 253 g/mol. The fourth-order valence-electron chi connectivity index (χ4n) is 2.84. The molecule has 0 radical (unpaired) electrons. The second-order valence-corrected chi connectivity index (χ2v) is 5.85. The third-order valence-corrected chi connectivity index (χ3v) is 4.13. The molecule has 1 aromatic carbocycles. The molecule has 0 aliphatic heterocycles. The molecule has 3 heteroatoms. The summed E-state index contributed by atoms with van der Waals surface area (Å²) in [5.74, 6) is 1.73. The van der Waals surface area contributed by atoms with Gasteiger partial charge in [0.2, 0.25) is 5.95 Å². The molecule has 2 aliphatic carbocycles. The second kappa shape index (κ2) is 4.12. The van der Waals surface area contributed by atoms with Gasteiger partial charge < -0.3 is 9.88 Å². The van der Waals surface area contributed by atoms with Crippen LogP contribution < -0.4 is 5.32 Å². The van der Waals surface area contributed by atoms with E-state index in [0.717, 1.165) is 11.6 Å². The first-order valence-corrected chi connectivity index (χ1v) is 7.18. The Morgan fingerprint density at radius 3 is 2.74 bits per heavy atom. The third-order valence-electron chi connectivity index (χ3n) is 4.13. The van der Waals surface area contributed by atoms with Gasteiger partial charge >= 0.3 is 0 Å². The van der Waals surface area contributed by atoms with Crippen LogP contribution in [0.3, 0.4) is 0 Å². The molecule has 19 heavy (non-hydrogen) atoms. The predicted octanol–water partition coefficient (Wildman–Crippen LogP) is 3.49. The maximum atomic E-state index is 4.63. The van der Waals surface area contributed by atoms with Crippen molar-refractivity contribution >= 4 is 5.95 Å². The number of nitrogens with zero attached hydrogens (tertiary/aromatic N) is 2. The third kappa shape index (κ3) is 2.14. The zero-order valence-electron chi connectivity index (χ0n) is 11.2. The van der Waals surface area contributed by atoms with E-state index in [0.29, 0.717) is 18.0 Å². The quantitative estimate of drug-likeness (QED) is 0.904. The Balaban J connectivity index is 1.49.